The number of para-hydroxylation sites is 1. The van der Waals surface area contributed by atoms with Crippen LogP contribution in [0.3, 0.4) is 0 Å². The quantitative estimate of drug-likeness (QED) is 0.142. The second kappa shape index (κ2) is 14.5. The molecule has 8 heteroatoms. The topological polar surface area (TPSA) is 116 Å². The van der Waals surface area contributed by atoms with Crippen LogP contribution in [0.15, 0.2) is 127 Å². The summed E-state index contributed by atoms with van der Waals surface area (Å²) >= 11 is 0. The molecule has 226 valence electrons. The summed E-state index contributed by atoms with van der Waals surface area (Å²) in [6.45, 7) is 0.486. The molecule has 0 aliphatic rings. The van der Waals surface area contributed by atoms with Crippen LogP contribution >= 0.6 is 0 Å². The predicted molar refractivity (Wildman–Crippen MR) is 172 cm³/mol. The minimum absolute atomic E-state index is 0.150. The lowest BCUT2D eigenvalue weighted by Crippen LogP contribution is -2.31. The highest BCUT2D eigenvalue weighted by atomic mass is 16.5. The molecule has 0 saturated heterocycles. The van der Waals surface area contributed by atoms with Crippen molar-refractivity contribution in [3.63, 3.8) is 0 Å². The van der Waals surface area contributed by atoms with Gasteiger partial charge < -0.3 is 25.2 Å². The van der Waals surface area contributed by atoms with E-state index < -0.39 is 5.97 Å². The van der Waals surface area contributed by atoms with Gasteiger partial charge in [0, 0.05) is 24.2 Å². The molecule has 0 atom stereocenters. The highest BCUT2D eigenvalue weighted by Crippen LogP contribution is 2.27. The van der Waals surface area contributed by atoms with E-state index in [0.29, 0.717) is 30.0 Å². The number of aryl methyl sites for hydroxylation is 1. The molecule has 45 heavy (non-hydrogen) atoms. The van der Waals surface area contributed by atoms with Crippen molar-refractivity contribution in [1.82, 2.24) is 5.32 Å². The zero-order chi connectivity index (χ0) is 31.6. The highest BCUT2D eigenvalue weighted by molar-refractivity contribution is 5.97. The number of nitrogens with one attached hydrogen (secondary N) is 1. The van der Waals surface area contributed by atoms with Crippen LogP contribution < -0.4 is 15.0 Å². The highest BCUT2D eigenvalue weighted by Gasteiger charge is 2.20. The number of hydrogen-bond acceptors (Lipinski definition) is 5. The standard InChI is InChI=1S/C37H32N2O6/c40-34-21-18-30(23-33(34)37(43)44)39(35(41)22-15-26-7-3-1-4-8-26)25-28-11-16-29(17-12-28)36(42)38-24-27-13-19-32(20-14-27)45-31-9-5-2-6-10-31/h1-14,16-21,23,40H,15,22,24-25H2,(H,38,42)(H,43,44). The Hall–Kier alpha value is -5.89. The van der Waals surface area contributed by atoms with Crippen molar-refractivity contribution in [1.29, 1.82) is 0 Å². The van der Waals surface area contributed by atoms with E-state index in [4.69, 9.17) is 4.74 Å². The summed E-state index contributed by atoms with van der Waals surface area (Å²) in [6.07, 6.45) is 0.717. The van der Waals surface area contributed by atoms with Crippen LogP contribution in [0.1, 0.15) is 43.8 Å². The molecular formula is C37H32N2O6. The average Bonchev–Trinajstić information content (AvgIpc) is 3.07. The summed E-state index contributed by atoms with van der Waals surface area (Å²) in [5, 5.41) is 22.4. The monoisotopic (exact) mass is 600 g/mol. The van der Waals surface area contributed by atoms with Gasteiger partial charge in [0.2, 0.25) is 5.91 Å². The first kappa shape index (κ1) is 30.6. The van der Waals surface area contributed by atoms with Gasteiger partial charge in [-0.25, -0.2) is 4.79 Å². The first-order valence-electron chi connectivity index (χ1n) is 14.5. The second-order valence-electron chi connectivity index (χ2n) is 10.4. The van der Waals surface area contributed by atoms with Crippen molar-refractivity contribution in [2.45, 2.75) is 25.9 Å². The minimum atomic E-state index is -1.29. The van der Waals surface area contributed by atoms with Gasteiger partial charge in [0.25, 0.3) is 5.91 Å². The molecule has 0 bridgehead atoms. The number of benzene rings is 5. The Labute approximate surface area is 261 Å². The van der Waals surface area contributed by atoms with Gasteiger partial charge in [0.1, 0.15) is 22.8 Å². The molecule has 8 nitrogen and oxygen atoms in total. The Kier molecular flexibility index (Phi) is 9.87. The molecule has 5 rings (SSSR count). The lowest BCUT2D eigenvalue weighted by molar-refractivity contribution is -0.118. The van der Waals surface area contributed by atoms with Gasteiger partial charge in [0.05, 0.1) is 6.54 Å². The molecule has 0 aliphatic carbocycles. The van der Waals surface area contributed by atoms with Crippen LogP contribution in [0, 0.1) is 0 Å². The maximum absolute atomic E-state index is 13.4. The van der Waals surface area contributed by atoms with Crippen LogP contribution in [0.25, 0.3) is 0 Å². The predicted octanol–water partition coefficient (Wildman–Crippen LogP) is 6.98. The summed E-state index contributed by atoms with van der Waals surface area (Å²) in [4.78, 5) is 39.5. The molecule has 0 aromatic heterocycles. The van der Waals surface area contributed by atoms with E-state index in [1.165, 1.54) is 23.1 Å². The Morgan fingerprint density at radius 3 is 1.98 bits per heavy atom. The number of carboxylic acids is 1. The Morgan fingerprint density at radius 1 is 0.689 bits per heavy atom. The van der Waals surface area contributed by atoms with Crippen molar-refractivity contribution in [3.05, 3.63) is 155 Å². The van der Waals surface area contributed by atoms with E-state index in [1.54, 1.807) is 24.3 Å². The van der Waals surface area contributed by atoms with Gasteiger partial charge in [-0.1, -0.05) is 72.8 Å². The average molecular weight is 601 g/mol. The van der Waals surface area contributed by atoms with Crippen molar-refractivity contribution in [3.8, 4) is 17.2 Å². The zero-order valence-corrected chi connectivity index (χ0v) is 24.4. The summed E-state index contributed by atoms with van der Waals surface area (Å²) in [7, 11) is 0. The first-order valence-corrected chi connectivity index (χ1v) is 14.5. The number of aromatic carboxylic acids is 1. The van der Waals surface area contributed by atoms with E-state index in [2.05, 4.69) is 5.32 Å². The third-order valence-electron chi connectivity index (χ3n) is 7.21. The number of rotatable bonds is 12. The number of nitrogens with zero attached hydrogens (tertiary/aromatic N) is 1. The first-order chi connectivity index (χ1) is 21.9. The lowest BCUT2D eigenvalue weighted by Gasteiger charge is -2.24. The SMILES string of the molecule is O=C(NCc1ccc(Oc2ccccc2)cc1)c1ccc(CN(C(=O)CCc2ccccc2)c2ccc(O)c(C(=O)O)c2)cc1. The van der Waals surface area contributed by atoms with E-state index >= 15 is 0 Å². The van der Waals surface area contributed by atoms with Crippen LogP contribution in [0.4, 0.5) is 5.69 Å². The van der Waals surface area contributed by atoms with Crippen LogP contribution in [0.2, 0.25) is 0 Å². The third kappa shape index (κ3) is 8.36. The smallest absolute Gasteiger partial charge is 0.339 e. The van der Waals surface area contributed by atoms with Crippen molar-refractivity contribution in [2.75, 3.05) is 4.90 Å². The minimum Gasteiger partial charge on any atom is -0.507 e. The Bertz CT molecular complexity index is 1760. The molecule has 0 aliphatic heterocycles. The summed E-state index contributed by atoms with van der Waals surface area (Å²) in [6, 6.07) is 37.6. The van der Waals surface area contributed by atoms with E-state index in [9.17, 15) is 24.6 Å². The summed E-state index contributed by atoms with van der Waals surface area (Å²) < 4.78 is 5.82. The van der Waals surface area contributed by atoms with E-state index in [-0.39, 0.29) is 36.1 Å². The van der Waals surface area contributed by atoms with Gasteiger partial charge in [0.15, 0.2) is 0 Å². The fraction of sp³-hybridized carbons (Fsp3) is 0.108. The van der Waals surface area contributed by atoms with Gasteiger partial charge in [-0.2, -0.15) is 0 Å². The van der Waals surface area contributed by atoms with Gasteiger partial charge in [-0.15, -0.1) is 0 Å². The molecule has 3 N–H and O–H groups in total. The van der Waals surface area contributed by atoms with Gasteiger partial charge >= 0.3 is 5.97 Å². The number of phenols is 1. The van der Waals surface area contributed by atoms with Gasteiger partial charge in [-0.05, 0) is 77.7 Å². The van der Waals surface area contributed by atoms with E-state index in [0.717, 1.165) is 22.4 Å². The summed E-state index contributed by atoms with van der Waals surface area (Å²) in [5.74, 6) is -0.678. The van der Waals surface area contributed by atoms with E-state index in [1.807, 2.05) is 84.9 Å². The molecule has 5 aromatic carbocycles. The second-order valence-corrected chi connectivity index (χ2v) is 10.4. The summed E-state index contributed by atoms with van der Waals surface area (Å²) in [5.41, 5.74) is 3.19. The van der Waals surface area contributed by atoms with Crippen LogP contribution in [-0.2, 0) is 24.3 Å². The number of anilines is 1. The van der Waals surface area contributed by atoms with Crippen molar-refractivity contribution >= 4 is 23.5 Å². The Morgan fingerprint density at radius 2 is 1.31 bits per heavy atom. The van der Waals surface area contributed by atoms with Gasteiger partial charge in [-0.3, -0.25) is 9.59 Å². The molecule has 0 saturated carbocycles. The number of carbonyl (C=O) groups is 3. The number of ether oxygens (including phenoxy) is 1. The maximum atomic E-state index is 13.4. The zero-order valence-electron chi connectivity index (χ0n) is 24.4. The lowest BCUT2D eigenvalue weighted by atomic mass is 10.1. The molecule has 0 heterocycles. The largest absolute Gasteiger partial charge is 0.507 e. The maximum Gasteiger partial charge on any atom is 0.339 e. The van der Waals surface area contributed by atoms with Crippen molar-refractivity contribution < 1.29 is 29.3 Å². The molecule has 5 aromatic rings. The normalized spacial score (nSPS) is 10.6. The van der Waals surface area contributed by atoms with Crippen LogP contribution in [-0.4, -0.2) is 28.0 Å². The van der Waals surface area contributed by atoms with Crippen LogP contribution in [0.5, 0.6) is 17.2 Å². The molecule has 2 amide bonds. The third-order valence-corrected chi connectivity index (χ3v) is 7.21. The molecule has 0 fully saturated rings. The molecule has 0 spiro atoms. The fourth-order valence-electron chi connectivity index (χ4n) is 4.75. The molecule has 0 radical (unpaired) electrons. The number of aromatic hydroxyl groups is 1. The number of carboxylic acid groups (broad SMARTS) is 1. The molecular weight excluding hydrogens is 568 g/mol. The number of amides is 2. The molecule has 0 unspecified atom stereocenters. The number of hydrogen-bond donors (Lipinski definition) is 3. The van der Waals surface area contributed by atoms with Crippen molar-refractivity contribution in [2.24, 2.45) is 0 Å². The fourth-order valence-corrected chi connectivity index (χ4v) is 4.75. The number of carbonyl (C=O) groups excluding carboxylic acids is 2. The Balaban J connectivity index is 1.23.